The molecule has 5 rings (SSSR count). The van der Waals surface area contributed by atoms with Crippen LogP contribution in [0.5, 0.6) is 11.5 Å². The first-order chi connectivity index (χ1) is 20.4. The van der Waals surface area contributed by atoms with Gasteiger partial charge in [-0.05, 0) is 47.5 Å². The van der Waals surface area contributed by atoms with Crippen molar-refractivity contribution in [2.45, 2.75) is 19.7 Å². The molecule has 0 saturated carbocycles. The van der Waals surface area contributed by atoms with Gasteiger partial charge in [0.2, 0.25) is 10.0 Å². The highest BCUT2D eigenvalue weighted by Gasteiger charge is 2.38. The highest BCUT2D eigenvalue weighted by atomic mass is 32.2. The minimum Gasteiger partial charge on any atom is -0.497 e. The topological polar surface area (TPSA) is 109 Å². The first-order valence-electron chi connectivity index (χ1n) is 13.3. The molecule has 0 bridgehead atoms. The fourth-order valence-electron chi connectivity index (χ4n) is 5.12. The van der Waals surface area contributed by atoms with Gasteiger partial charge in [-0.1, -0.05) is 18.2 Å². The van der Waals surface area contributed by atoms with Gasteiger partial charge in [0, 0.05) is 56.9 Å². The van der Waals surface area contributed by atoms with Gasteiger partial charge in [-0.25, -0.2) is 12.8 Å². The lowest BCUT2D eigenvalue weighted by Crippen LogP contribution is -2.28. The third-order valence-corrected chi connectivity index (χ3v) is 8.54. The smallest absolute Gasteiger partial charge is 0.258 e. The Bertz CT molecular complexity index is 1840. The number of carbonyl (C=O) groups excluding carboxylic acids is 2. The molecule has 1 aliphatic heterocycles. The minimum atomic E-state index is -3.74. The molecule has 1 aromatic heterocycles. The van der Waals surface area contributed by atoms with Gasteiger partial charge >= 0.3 is 0 Å². The van der Waals surface area contributed by atoms with Crippen molar-refractivity contribution in [2.75, 3.05) is 38.8 Å². The van der Waals surface area contributed by atoms with Gasteiger partial charge in [-0.3, -0.25) is 18.9 Å². The van der Waals surface area contributed by atoms with E-state index in [-0.39, 0.29) is 36.6 Å². The lowest BCUT2D eigenvalue weighted by molar-refractivity contribution is 0.0754. The molecule has 224 valence electrons. The zero-order chi connectivity index (χ0) is 31.1. The SMILES string of the molecule is COc1ccc(COc2c3c(c(N(C)S(C)(=O)=O)c4cccnc24)CN(Cc2ccc(F)cc2C(=O)N(C)C)C3=O)cc1. The zero-order valence-corrected chi connectivity index (χ0v) is 25.2. The number of sulfonamides is 1. The average Bonchev–Trinajstić information content (AvgIpc) is 3.30. The molecule has 4 aromatic rings. The van der Waals surface area contributed by atoms with E-state index in [0.29, 0.717) is 33.5 Å². The Labute approximate surface area is 249 Å². The summed E-state index contributed by atoms with van der Waals surface area (Å²) < 4.78 is 52.4. The molecule has 43 heavy (non-hydrogen) atoms. The number of methoxy groups -OCH3 is 1. The maximum Gasteiger partial charge on any atom is 0.258 e. The molecule has 0 N–H and O–H groups in total. The van der Waals surface area contributed by atoms with Crippen molar-refractivity contribution in [3.8, 4) is 11.5 Å². The van der Waals surface area contributed by atoms with Crippen LogP contribution in [0.3, 0.4) is 0 Å². The average molecular weight is 607 g/mol. The molecule has 0 atom stereocenters. The standard InChI is InChI=1S/C31H31FN4O6S/c1-34(2)30(37)24-15-21(32)11-10-20(24)16-36-17-25-26(31(36)38)29(42-18-19-8-12-22(41-4)13-9-19)27-23(7-6-14-33-27)28(25)35(3)43(5,39)40/h6-15H,16-18H2,1-5H3. The van der Waals surface area contributed by atoms with Crippen LogP contribution in [0.4, 0.5) is 10.1 Å². The molecule has 0 radical (unpaired) electrons. The summed E-state index contributed by atoms with van der Waals surface area (Å²) in [5.41, 5.74) is 2.68. The van der Waals surface area contributed by atoms with Crippen molar-refractivity contribution in [3.05, 3.63) is 94.4 Å². The van der Waals surface area contributed by atoms with E-state index in [2.05, 4.69) is 4.98 Å². The molecule has 2 amide bonds. The number of halogens is 1. The van der Waals surface area contributed by atoms with Gasteiger partial charge < -0.3 is 19.3 Å². The molecule has 0 spiro atoms. The number of pyridine rings is 1. The van der Waals surface area contributed by atoms with Crippen LogP contribution in [0.15, 0.2) is 60.8 Å². The predicted octanol–water partition coefficient (Wildman–Crippen LogP) is 4.22. The molecular weight excluding hydrogens is 575 g/mol. The van der Waals surface area contributed by atoms with E-state index in [4.69, 9.17) is 9.47 Å². The number of rotatable bonds is 9. The minimum absolute atomic E-state index is 0.0214. The molecule has 0 fully saturated rings. The van der Waals surface area contributed by atoms with Crippen molar-refractivity contribution in [3.63, 3.8) is 0 Å². The number of aromatic nitrogens is 1. The number of anilines is 1. The van der Waals surface area contributed by atoms with Gasteiger partial charge in [-0.2, -0.15) is 0 Å². The zero-order valence-electron chi connectivity index (χ0n) is 24.4. The normalized spacial score (nSPS) is 12.8. The van der Waals surface area contributed by atoms with Crippen molar-refractivity contribution in [1.82, 2.24) is 14.8 Å². The Balaban J connectivity index is 1.64. The van der Waals surface area contributed by atoms with E-state index >= 15 is 0 Å². The highest BCUT2D eigenvalue weighted by molar-refractivity contribution is 7.92. The summed E-state index contributed by atoms with van der Waals surface area (Å²) in [4.78, 5) is 34.3. The second-order valence-electron chi connectivity index (χ2n) is 10.5. The maximum absolute atomic E-state index is 14.2. The van der Waals surface area contributed by atoms with Gasteiger partial charge in [0.25, 0.3) is 11.8 Å². The van der Waals surface area contributed by atoms with E-state index in [1.165, 1.54) is 29.0 Å². The Hall–Kier alpha value is -4.71. The maximum atomic E-state index is 14.2. The summed E-state index contributed by atoms with van der Waals surface area (Å²) >= 11 is 0. The summed E-state index contributed by atoms with van der Waals surface area (Å²) in [6.07, 6.45) is 2.63. The van der Waals surface area contributed by atoms with Crippen LogP contribution in [0, 0.1) is 5.82 Å². The fraction of sp³-hybridized carbons (Fsp3) is 0.258. The summed E-state index contributed by atoms with van der Waals surface area (Å²) in [7, 11) is 2.39. The van der Waals surface area contributed by atoms with Crippen LogP contribution in [-0.2, 0) is 29.7 Å². The van der Waals surface area contributed by atoms with Crippen LogP contribution < -0.4 is 13.8 Å². The van der Waals surface area contributed by atoms with Crippen LogP contribution in [0.25, 0.3) is 10.9 Å². The molecular formula is C31H31FN4O6S. The lowest BCUT2D eigenvalue weighted by Gasteiger charge is -2.23. The molecule has 0 unspecified atom stereocenters. The quantitative estimate of drug-likeness (QED) is 0.281. The van der Waals surface area contributed by atoms with Crippen molar-refractivity contribution in [2.24, 2.45) is 0 Å². The third-order valence-electron chi connectivity index (χ3n) is 7.37. The first kappa shape index (κ1) is 29.8. The van der Waals surface area contributed by atoms with Gasteiger partial charge in [0.15, 0.2) is 5.75 Å². The number of hydrogen-bond acceptors (Lipinski definition) is 7. The monoisotopic (exact) mass is 606 g/mol. The van der Waals surface area contributed by atoms with E-state index in [9.17, 15) is 22.4 Å². The van der Waals surface area contributed by atoms with Crippen molar-refractivity contribution < 1.29 is 31.9 Å². The Morgan fingerprint density at radius 1 is 1.09 bits per heavy atom. The Morgan fingerprint density at radius 3 is 2.47 bits per heavy atom. The van der Waals surface area contributed by atoms with Crippen molar-refractivity contribution in [1.29, 1.82) is 0 Å². The molecule has 0 saturated heterocycles. The molecule has 2 heterocycles. The number of ether oxygens (including phenoxy) is 2. The second kappa shape index (κ2) is 11.5. The summed E-state index contributed by atoms with van der Waals surface area (Å²) in [5.74, 6) is -0.502. The first-order valence-corrected chi connectivity index (χ1v) is 15.2. The van der Waals surface area contributed by atoms with Gasteiger partial charge in [0.05, 0.1) is 24.6 Å². The summed E-state index contributed by atoms with van der Waals surface area (Å²) in [5, 5.41) is 0.499. The highest BCUT2D eigenvalue weighted by Crippen LogP contribution is 2.45. The van der Waals surface area contributed by atoms with Crippen LogP contribution in [-0.4, -0.2) is 69.5 Å². The van der Waals surface area contributed by atoms with Gasteiger partial charge in [0.1, 0.15) is 23.7 Å². The predicted molar refractivity (Wildman–Crippen MR) is 160 cm³/mol. The molecule has 1 aliphatic rings. The largest absolute Gasteiger partial charge is 0.497 e. The van der Waals surface area contributed by atoms with Crippen LogP contribution in [0.2, 0.25) is 0 Å². The molecule has 0 aliphatic carbocycles. The Morgan fingerprint density at radius 2 is 1.81 bits per heavy atom. The molecule has 3 aromatic carbocycles. The summed E-state index contributed by atoms with van der Waals surface area (Å²) in [6.45, 7) is 0.114. The lowest BCUT2D eigenvalue weighted by atomic mass is 10.0. The summed E-state index contributed by atoms with van der Waals surface area (Å²) in [6, 6.07) is 14.6. The fourth-order valence-corrected chi connectivity index (χ4v) is 5.66. The van der Waals surface area contributed by atoms with Crippen LogP contribution >= 0.6 is 0 Å². The van der Waals surface area contributed by atoms with Gasteiger partial charge in [-0.15, -0.1) is 0 Å². The number of amides is 2. The van der Waals surface area contributed by atoms with E-state index < -0.39 is 27.7 Å². The number of carbonyl (C=O) groups is 2. The molecule has 12 heteroatoms. The number of hydrogen-bond donors (Lipinski definition) is 0. The van der Waals surface area contributed by atoms with Crippen LogP contribution in [0.1, 0.15) is 37.4 Å². The molecule has 10 nitrogen and oxygen atoms in total. The Kier molecular flexibility index (Phi) is 7.98. The number of fused-ring (bicyclic) bond motifs is 2. The van der Waals surface area contributed by atoms with Crippen molar-refractivity contribution >= 4 is 38.4 Å². The second-order valence-corrected chi connectivity index (χ2v) is 12.5. The third kappa shape index (κ3) is 5.70. The number of benzene rings is 3. The van der Waals surface area contributed by atoms with E-state index in [1.807, 2.05) is 12.1 Å². The number of nitrogens with zero attached hydrogens (tertiary/aromatic N) is 4. The van der Waals surface area contributed by atoms with E-state index in [1.54, 1.807) is 51.7 Å². The van der Waals surface area contributed by atoms with E-state index in [0.717, 1.165) is 22.2 Å².